The number of anilines is 1. The highest BCUT2D eigenvalue weighted by Crippen LogP contribution is 2.25. The van der Waals surface area contributed by atoms with Crippen LogP contribution >= 0.6 is 11.3 Å². The number of hydrogen-bond donors (Lipinski definition) is 1. The fourth-order valence-corrected chi connectivity index (χ4v) is 2.79. The first-order valence-corrected chi connectivity index (χ1v) is 7.53. The molecule has 112 valence electrons. The van der Waals surface area contributed by atoms with Crippen molar-refractivity contribution in [3.05, 3.63) is 54.4 Å². The minimum absolute atomic E-state index is 0.148. The van der Waals surface area contributed by atoms with Crippen molar-refractivity contribution in [3.63, 3.8) is 0 Å². The Morgan fingerprint density at radius 1 is 1.09 bits per heavy atom. The maximum atomic E-state index is 12.3. The number of nitrogens with zero attached hydrogens (tertiary/aromatic N) is 4. The topological polar surface area (TPSA) is 93.8 Å². The van der Waals surface area contributed by atoms with E-state index in [4.69, 9.17) is 4.52 Å². The molecule has 0 saturated carbocycles. The zero-order valence-corrected chi connectivity index (χ0v) is 12.4. The monoisotopic (exact) mass is 323 g/mol. The second kappa shape index (κ2) is 5.58. The Balaban J connectivity index is 1.59. The molecular formula is C15H9N5O2S. The van der Waals surface area contributed by atoms with Crippen LogP contribution in [0.3, 0.4) is 0 Å². The molecule has 1 N–H and O–H groups in total. The number of rotatable bonds is 3. The standard InChI is InChI=1S/C15H9N5O2S/c21-13(12-9-5-1-2-6-10(9)20-22-12)17-15-19-18-14(23-15)11-7-3-4-8-16-11/h1-8H,(H,17,19,21). The smallest absolute Gasteiger partial charge is 0.296 e. The molecule has 3 heterocycles. The summed E-state index contributed by atoms with van der Waals surface area (Å²) in [6, 6.07) is 12.7. The van der Waals surface area contributed by atoms with E-state index in [0.29, 0.717) is 26.7 Å². The molecule has 0 fully saturated rings. The Bertz CT molecular complexity index is 980. The van der Waals surface area contributed by atoms with Crippen molar-refractivity contribution >= 4 is 33.3 Å². The number of pyridine rings is 1. The minimum atomic E-state index is -0.414. The predicted molar refractivity (Wildman–Crippen MR) is 85.1 cm³/mol. The molecular weight excluding hydrogens is 314 g/mol. The minimum Gasteiger partial charge on any atom is -0.350 e. The summed E-state index contributed by atoms with van der Waals surface area (Å²) in [5.41, 5.74) is 1.33. The van der Waals surface area contributed by atoms with Crippen LogP contribution < -0.4 is 5.32 Å². The number of carbonyl (C=O) groups is 1. The van der Waals surface area contributed by atoms with E-state index in [1.807, 2.05) is 30.3 Å². The van der Waals surface area contributed by atoms with Gasteiger partial charge in [0.15, 0.2) is 5.01 Å². The second-order valence-corrected chi connectivity index (χ2v) is 5.59. The van der Waals surface area contributed by atoms with Gasteiger partial charge in [-0.05, 0) is 24.3 Å². The average molecular weight is 323 g/mol. The van der Waals surface area contributed by atoms with Gasteiger partial charge in [0.1, 0.15) is 11.2 Å². The van der Waals surface area contributed by atoms with Gasteiger partial charge in [-0.2, -0.15) is 0 Å². The lowest BCUT2D eigenvalue weighted by molar-refractivity contribution is 0.0990. The highest BCUT2D eigenvalue weighted by Gasteiger charge is 2.18. The SMILES string of the molecule is O=C(Nc1nnc(-c2ccccn2)s1)c1onc2ccccc12. The number of carbonyl (C=O) groups excluding carboxylic acids is 1. The van der Waals surface area contributed by atoms with Gasteiger partial charge >= 0.3 is 0 Å². The lowest BCUT2D eigenvalue weighted by Gasteiger charge is -1.96. The zero-order valence-electron chi connectivity index (χ0n) is 11.6. The van der Waals surface area contributed by atoms with Crippen LogP contribution in [0.15, 0.2) is 53.2 Å². The lowest BCUT2D eigenvalue weighted by atomic mass is 10.2. The van der Waals surface area contributed by atoms with E-state index >= 15 is 0 Å². The van der Waals surface area contributed by atoms with Gasteiger partial charge in [0, 0.05) is 6.20 Å². The van der Waals surface area contributed by atoms with Crippen molar-refractivity contribution in [2.75, 3.05) is 5.32 Å². The number of hydrogen-bond acceptors (Lipinski definition) is 7. The zero-order chi connectivity index (χ0) is 15.6. The third-order valence-corrected chi connectivity index (χ3v) is 3.98. The van der Waals surface area contributed by atoms with E-state index in [9.17, 15) is 4.79 Å². The molecule has 0 aliphatic heterocycles. The Hall–Kier alpha value is -3.13. The summed E-state index contributed by atoms with van der Waals surface area (Å²) in [7, 11) is 0. The highest BCUT2D eigenvalue weighted by molar-refractivity contribution is 7.18. The van der Waals surface area contributed by atoms with Crippen molar-refractivity contribution in [3.8, 4) is 10.7 Å². The second-order valence-electron chi connectivity index (χ2n) is 4.61. The first-order valence-electron chi connectivity index (χ1n) is 6.72. The molecule has 7 nitrogen and oxygen atoms in total. The fraction of sp³-hybridized carbons (Fsp3) is 0. The molecule has 0 atom stereocenters. The van der Waals surface area contributed by atoms with Crippen molar-refractivity contribution in [2.24, 2.45) is 0 Å². The van der Waals surface area contributed by atoms with E-state index in [2.05, 4.69) is 25.7 Å². The van der Waals surface area contributed by atoms with Gasteiger partial charge in [0.25, 0.3) is 5.91 Å². The number of aromatic nitrogens is 4. The molecule has 0 unspecified atom stereocenters. The van der Waals surface area contributed by atoms with Crippen molar-refractivity contribution < 1.29 is 9.32 Å². The normalized spacial score (nSPS) is 10.8. The summed E-state index contributed by atoms with van der Waals surface area (Å²) in [4.78, 5) is 16.5. The molecule has 0 radical (unpaired) electrons. The number of nitrogens with one attached hydrogen (secondary N) is 1. The molecule has 0 saturated heterocycles. The third-order valence-electron chi connectivity index (χ3n) is 3.12. The molecule has 0 spiro atoms. The third kappa shape index (κ3) is 2.55. The first kappa shape index (κ1) is 13.5. The molecule has 0 bridgehead atoms. The van der Waals surface area contributed by atoms with Crippen LogP contribution in [0.1, 0.15) is 10.6 Å². The highest BCUT2D eigenvalue weighted by atomic mass is 32.1. The lowest BCUT2D eigenvalue weighted by Crippen LogP contribution is -2.11. The van der Waals surface area contributed by atoms with Crippen LogP contribution in [0.25, 0.3) is 21.6 Å². The van der Waals surface area contributed by atoms with E-state index in [1.54, 1.807) is 18.3 Å². The van der Waals surface area contributed by atoms with Gasteiger partial charge in [0.2, 0.25) is 10.9 Å². The van der Waals surface area contributed by atoms with Crippen molar-refractivity contribution in [1.82, 2.24) is 20.3 Å². The number of benzene rings is 1. The predicted octanol–water partition coefficient (Wildman–Crippen LogP) is 2.99. The number of amides is 1. The average Bonchev–Trinajstić information content (AvgIpc) is 3.22. The molecule has 1 amide bonds. The summed E-state index contributed by atoms with van der Waals surface area (Å²) in [5, 5.41) is 16.2. The quantitative estimate of drug-likeness (QED) is 0.623. The van der Waals surface area contributed by atoms with Crippen LogP contribution in [-0.4, -0.2) is 26.2 Å². The van der Waals surface area contributed by atoms with Crippen LogP contribution in [0.5, 0.6) is 0 Å². The fourth-order valence-electron chi connectivity index (χ4n) is 2.07. The maximum Gasteiger partial charge on any atom is 0.296 e. The van der Waals surface area contributed by atoms with Crippen LogP contribution in [0.2, 0.25) is 0 Å². The summed E-state index contributed by atoms with van der Waals surface area (Å²) in [5.74, 6) is -0.266. The van der Waals surface area contributed by atoms with Crippen molar-refractivity contribution in [1.29, 1.82) is 0 Å². The van der Waals surface area contributed by atoms with E-state index in [0.717, 1.165) is 0 Å². The summed E-state index contributed by atoms with van der Waals surface area (Å²) in [6.45, 7) is 0. The number of fused-ring (bicyclic) bond motifs is 1. The van der Waals surface area contributed by atoms with E-state index < -0.39 is 5.91 Å². The molecule has 8 heteroatoms. The summed E-state index contributed by atoms with van der Waals surface area (Å²) < 4.78 is 5.12. The van der Waals surface area contributed by atoms with Gasteiger partial charge in [0.05, 0.1) is 5.39 Å². The first-order chi connectivity index (χ1) is 11.3. The molecule has 4 rings (SSSR count). The summed E-state index contributed by atoms with van der Waals surface area (Å²) in [6.07, 6.45) is 1.68. The molecule has 0 aliphatic rings. The van der Waals surface area contributed by atoms with E-state index in [1.165, 1.54) is 11.3 Å². The Kier molecular flexibility index (Phi) is 3.28. The molecule has 4 aromatic rings. The molecule has 23 heavy (non-hydrogen) atoms. The van der Waals surface area contributed by atoms with Gasteiger partial charge < -0.3 is 4.52 Å². The van der Waals surface area contributed by atoms with Crippen LogP contribution in [0.4, 0.5) is 5.13 Å². The largest absolute Gasteiger partial charge is 0.350 e. The van der Waals surface area contributed by atoms with E-state index in [-0.39, 0.29) is 5.76 Å². The molecule has 3 aromatic heterocycles. The summed E-state index contributed by atoms with van der Waals surface area (Å²) >= 11 is 1.24. The Labute approximate surface area is 134 Å². The van der Waals surface area contributed by atoms with Gasteiger partial charge in [-0.1, -0.05) is 34.7 Å². The van der Waals surface area contributed by atoms with Gasteiger partial charge in [-0.15, -0.1) is 10.2 Å². The Morgan fingerprint density at radius 3 is 2.83 bits per heavy atom. The van der Waals surface area contributed by atoms with Gasteiger partial charge in [-0.25, -0.2) is 0 Å². The maximum absolute atomic E-state index is 12.3. The van der Waals surface area contributed by atoms with Crippen LogP contribution in [0, 0.1) is 0 Å². The molecule has 1 aromatic carbocycles. The molecule has 0 aliphatic carbocycles. The van der Waals surface area contributed by atoms with Crippen molar-refractivity contribution in [2.45, 2.75) is 0 Å². The van der Waals surface area contributed by atoms with Crippen LogP contribution in [-0.2, 0) is 0 Å². The Morgan fingerprint density at radius 2 is 1.96 bits per heavy atom. The van der Waals surface area contributed by atoms with Gasteiger partial charge in [-0.3, -0.25) is 15.1 Å².